The number of nitrogens with zero attached hydrogens (tertiary/aromatic N) is 1. The zero-order valence-corrected chi connectivity index (χ0v) is 19.9. The molecule has 0 aliphatic rings. The second-order valence-corrected chi connectivity index (χ2v) is 7.70. The molecule has 4 aromatic rings. The van der Waals surface area contributed by atoms with E-state index in [4.69, 9.17) is 5.41 Å². The van der Waals surface area contributed by atoms with E-state index in [0.717, 1.165) is 16.7 Å². The lowest BCUT2D eigenvalue weighted by atomic mass is 9.76. The number of aromatic nitrogens is 1. The van der Waals surface area contributed by atoms with Crippen LogP contribution in [0.1, 0.15) is 41.7 Å². The first-order valence-corrected chi connectivity index (χ1v) is 11.4. The Morgan fingerprint density at radius 1 is 0.714 bits per heavy atom. The maximum atomic E-state index is 13.6. The summed E-state index contributed by atoms with van der Waals surface area (Å²) in [6, 6.07) is 30.1. The van der Waals surface area contributed by atoms with Crippen LogP contribution >= 0.6 is 0 Å². The van der Waals surface area contributed by atoms with E-state index in [1.807, 2.05) is 105 Å². The van der Waals surface area contributed by atoms with Crippen molar-refractivity contribution in [2.24, 2.45) is 0 Å². The van der Waals surface area contributed by atoms with Crippen molar-refractivity contribution in [1.82, 2.24) is 4.98 Å². The highest BCUT2D eigenvalue weighted by atomic mass is 19.4. The third kappa shape index (κ3) is 5.27. The largest absolute Gasteiger partial charge is 0.433 e. The fourth-order valence-electron chi connectivity index (χ4n) is 4.07. The van der Waals surface area contributed by atoms with E-state index in [1.165, 1.54) is 12.3 Å². The summed E-state index contributed by atoms with van der Waals surface area (Å²) in [5.74, 6) is -0.00566. The van der Waals surface area contributed by atoms with Crippen molar-refractivity contribution in [3.63, 3.8) is 0 Å². The monoisotopic (exact) mass is 475 g/mol. The highest BCUT2D eigenvalue weighted by Gasteiger charge is 2.41. The summed E-state index contributed by atoms with van der Waals surface area (Å²) in [5, 5.41) is 11.2. The van der Waals surface area contributed by atoms with Crippen LogP contribution in [0.4, 0.5) is 19.0 Å². The molecular formula is C29H28F3N3. The van der Waals surface area contributed by atoms with Crippen LogP contribution in [0.5, 0.6) is 0 Å². The van der Waals surface area contributed by atoms with Crippen molar-refractivity contribution >= 4 is 11.5 Å². The Hall–Kier alpha value is -3.93. The van der Waals surface area contributed by atoms with E-state index in [1.54, 1.807) is 6.92 Å². The molecule has 0 saturated carbocycles. The van der Waals surface area contributed by atoms with Gasteiger partial charge in [-0.25, -0.2) is 4.98 Å². The molecular weight excluding hydrogens is 447 g/mol. The maximum absolute atomic E-state index is 13.6. The van der Waals surface area contributed by atoms with Crippen molar-refractivity contribution in [1.29, 1.82) is 5.41 Å². The van der Waals surface area contributed by atoms with Crippen molar-refractivity contribution < 1.29 is 13.2 Å². The third-order valence-electron chi connectivity index (χ3n) is 5.62. The van der Waals surface area contributed by atoms with Crippen molar-refractivity contribution in [2.75, 3.05) is 5.32 Å². The van der Waals surface area contributed by atoms with Crippen molar-refractivity contribution in [2.45, 2.75) is 32.5 Å². The molecule has 1 heterocycles. The van der Waals surface area contributed by atoms with Gasteiger partial charge in [0.1, 0.15) is 17.1 Å². The molecule has 0 radical (unpaired) electrons. The van der Waals surface area contributed by atoms with Crippen LogP contribution in [0.15, 0.2) is 103 Å². The van der Waals surface area contributed by atoms with Gasteiger partial charge in [0, 0.05) is 11.8 Å². The summed E-state index contributed by atoms with van der Waals surface area (Å²) < 4.78 is 40.8. The lowest BCUT2D eigenvalue weighted by molar-refractivity contribution is -0.0587. The minimum absolute atomic E-state index is 0.00566. The molecule has 2 N–H and O–H groups in total. The summed E-state index contributed by atoms with van der Waals surface area (Å²) in [6.07, 6.45) is -3.35. The Morgan fingerprint density at radius 3 is 1.49 bits per heavy atom. The molecule has 0 spiro atoms. The van der Waals surface area contributed by atoms with Gasteiger partial charge in [0.25, 0.3) is 0 Å². The quantitative estimate of drug-likeness (QED) is 0.221. The third-order valence-corrected chi connectivity index (χ3v) is 5.62. The number of hydrogen-bond acceptors (Lipinski definition) is 3. The molecule has 180 valence electrons. The molecule has 0 saturated heterocycles. The first-order valence-electron chi connectivity index (χ1n) is 11.4. The number of halogens is 3. The topological polar surface area (TPSA) is 48.8 Å². The molecule has 3 aromatic carbocycles. The molecule has 0 fully saturated rings. The minimum atomic E-state index is -4.81. The average molecular weight is 476 g/mol. The Bertz CT molecular complexity index is 1140. The second-order valence-electron chi connectivity index (χ2n) is 7.70. The van der Waals surface area contributed by atoms with E-state index in [9.17, 15) is 13.2 Å². The van der Waals surface area contributed by atoms with Gasteiger partial charge in [-0.15, -0.1) is 0 Å². The minimum Gasteiger partial charge on any atom is -0.352 e. The second kappa shape index (κ2) is 11.0. The molecule has 0 unspecified atom stereocenters. The molecule has 0 aliphatic heterocycles. The van der Waals surface area contributed by atoms with E-state index < -0.39 is 17.4 Å². The molecule has 3 nitrogen and oxygen atoms in total. The Balaban J connectivity index is 0.00000167. The molecule has 4 rings (SSSR count). The first-order chi connectivity index (χ1) is 16.8. The highest BCUT2D eigenvalue weighted by molar-refractivity contribution is 6.07. The molecule has 0 bridgehead atoms. The van der Waals surface area contributed by atoms with Gasteiger partial charge in [-0.2, -0.15) is 13.2 Å². The van der Waals surface area contributed by atoms with Gasteiger partial charge >= 0.3 is 6.18 Å². The summed E-state index contributed by atoms with van der Waals surface area (Å²) >= 11 is 0. The van der Waals surface area contributed by atoms with Crippen molar-refractivity contribution in [3.05, 3.63) is 131 Å². The Morgan fingerprint density at radius 2 is 1.11 bits per heavy atom. The average Bonchev–Trinajstić information content (AvgIpc) is 2.89. The Kier molecular flexibility index (Phi) is 8.07. The first kappa shape index (κ1) is 25.7. The zero-order chi connectivity index (χ0) is 25.5. The van der Waals surface area contributed by atoms with Crippen molar-refractivity contribution in [3.8, 4) is 0 Å². The summed E-state index contributed by atoms with van der Waals surface area (Å²) in [6.45, 7) is 5.55. The highest BCUT2D eigenvalue weighted by Crippen LogP contribution is 2.41. The number of aryl methyl sites for hydroxylation is 1. The van der Waals surface area contributed by atoms with Crippen LogP contribution < -0.4 is 5.32 Å². The van der Waals surface area contributed by atoms with Gasteiger partial charge in [0.2, 0.25) is 0 Å². The smallest absolute Gasteiger partial charge is 0.352 e. The van der Waals surface area contributed by atoms with Crippen LogP contribution in [0.25, 0.3) is 0 Å². The number of anilines is 1. The van der Waals surface area contributed by atoms with E-state index in [-0.39, 0.29) is 11.4 Å². The van der Waals surface area contributed by atoms with Gasteiger partial charge in [-0.1, -0.05) is 105 Å². The predicted octanol–water partition coefficient (Wildman–Crippen LogP) is 7.75. The Labute approximate surface area is 204 Å². The molecule has 0 aliphatic carbocycles. The lowest BCUT2D eigenvalue weighted by Crippen LogP contribution is -2.39. The summed E-state index contributed by atoms with van der Waals surface area (Å²) in [7, 11) is 0. The van der Waals surface area contributed by atoms with Gasteiger partial charge in [0.05, 0.1) is 0 Å². The van der Waals surface area contributed by atoms with Crippen LogP contribution in [0.3, 0.4) is 0 Å². The van der Waals surface area contributed by atoms with Gasteiger partial charge in [-0.3, -0.25) is 5.41 Å². The van der Waals surface area contributed by atoms with E-state index in [0.29, 0.717) is 5.56 Å². The number of hydrogen-bond donors (Lipinski definition) is 2. The molecule has 1 aromatic heterocycles. The van der Waals surface area contributed by atoms with E-state index in [2.05, 4.69) is 10.3 Å². The summed E-state index contributed by atoms with van der Waals surface area (Å²) in [4.78, 5) is 4.28. The standard InChI is InChI=1S/C27H22F3N3.C2H6/c1-19-17-18-32-25(23(19)24(31)27(28,29)30)33-26(20-11-5-2-6-12-20,21-13-7-3-8-14-21)22-15-9-4-10-16-22;1-2/h2-18,31H,1H3,(H,32,33);1-2H3. The predicted molar refractivity (Wildman–Crippen MR) is 136 cm³/mol. The van der Waals surface area contributed by atoms with Crippen LogP contribution in [-0.4, -0.2) is 16.9 Å². The van der Waals surface area contributed by atoms with E-state index >= 15 is 0 Å². The molecule has 0 atom stereocenters. The SMILES string of the molecule is CC.Cc1ccnc(NC(c2ccccc2)(c2ccccc2)c2ccccc2)c1C(=N)C(F)(F)F. The fourth-order valence-corrected chi connectivity index (χ4v) is 4.07. The molecule has 0 amide bonds. The number of benzene rings is 3. The maximum Gasteiger partial charge on any atom is 0.433 e. The number of nitrogens with one attached hydrogen (secondary N) is 2. The van der Waals surface area contributed by atoms with Gasteiger partial charge in [0.15, 0.2) is 0 Å². The normalized spacial score (nSPS) is 11.3. The lowest BCUT2D eigenvalue weighted by Gasteiger charge is -2.38. The molecule has 6 heteroatoms. The number of alkyl halides is 3. The fraction of sp³-hybridized carbons (Fsp3) is 0.172. The van der Waals surface area contributed by atoms with Crippen LogP contribution in [-0.2, 0) is 5.54 Å². The molecule has 35 heavy (non-hydrogen) atoms. The van der Waals surface area contributed by atoms with Gasteiger partial charge in [-0.05, 0) is 35.2 Å². The summed E-state index contributed by atoms with van der Waals surface area (Å²) in [5.41, 5.74) is 0.0555. The van der Waals surface area contributed by atoms with Crippen LogP contribution in [0.2, 0.25) is 0 Å². The van der Waals surface area contributed by atoms with Gasteiger partial charge < -0.3 is 5.32 Å². The zero-order valence-electron chi connectivity index (χ0n) is 19.9. The van der Waals surface area contributed by atoms with Crippen LogP contribution in [0, 0.1) is 12.3 Å². The number of rotatable bonds is 6. The number of pyridine rings is 1.